The SMILES string of the molecule is S=c1nc2oc3ccccc3cc-2s1. The van der Waals surface area contributed by atoms with Gasteiger partial charge in [0.15, 0.2) is 3.95 Å². The topological polar surface area (TPSA) is 26.0 Å². The summed E-state index contributed by atoms with van der Waals surface area (Å²) in [5.41, 5.74) is 0.848. The van der Waals surface area contributed by atoms with Gasteiger partial charge in [0, 0.05) is 5.39 Å². The van der Waals surface area contributed by atoms with Gasteiger partial charge in [-0.25, -0.2) is 0 Å². The third kappa shape index (κ3) is 1.15. The molecule has 0 N–H and O–H groups in total. The van der Waals surface area contributed by atoms with Crippen LogP contribution >= 0.6 is 23.6 Å². The first kappa shape index (κ1) is 8.08. The zero-order valence-corrected chi connectivity index (χ0v) is 8.69. The van der Waals surface area contributed by atoms with Crippen molar-refractivity contribution in [1.82, 2.24) is 4.98 Å². The Morgan fingerprint density at radius 1 is 1.29 bits per heavy atom. The van der Waals surface area contributed by atoms with Crippen LogP contribution in [-0.2, 0) is 0 Å². The van der Waals surface area contributed by atoms with Gasteiger partial charge in [0.1, 0.15) is 5.58 Å². The van der Waals surface area contributed by atoms with Gasteiger partial charge in [-0.1, -0.05) is 29.5 Å². The van der Waals surface area contributed by atoms with Gasteiger partial charge in [-0.05, 0) is 24.4 Å². The molecule has 68 valence electrons. The van der Waals surface area contributed by atoms with E-state index in [1.165, 1.54) is 11.3 Å². The number of rotatable bonds is 0. The molecule has 0 unspecified atom stereocenters. The standard InChI is InChI=1S/C10H5NOS2/c13-10-11-9-8(14-10)5-6-3-1-2-4-7(6)12-9/h1-5H. The Morgan fingerprint density at radius 2 is 2.14 bits per heavy atom. The summed E-state index contributed by atoms with van der Waals surface area (Å²) in [6.45, 7) is 0. The monoisotopic (exact) mass is 219 g/mol. The van der Waals surface area contributed by atoms with Crippen LogP contribution < -0.4 is 0 Å². The van der Waals surface area contributed by atoms with Gasteiger partial charge < -0.3 is 4.42 Å². The predicted octanol–water partition coefficient (Wildman–Crippen LogP) is 3.72. The Morgan fingerprint density at radius 3 is 3.07 bits per heavy atom. The van der Waals surface area contributed by atoms with E-state index in [9.17, 15) is 0 Å². The lowest BCUT2D eigenvalue weighted by Crippen LogP contribution is -1.77. The Hall–Kier alpha value is -1.26. The van der Waals surface area contributed by atoms with E-state index in [0.717, 1.165) is 15.8 Å². The van der Waals surface area contributed by atoms with Crippen LogP contribution in [0.25, 0.3) is 21.7 Å². The van der Waals surface area contributed by atoms with E-state index in [2.05, 4.69) is 11.1 Å². The minimum atomic E-state index is 0.624. The maximum absolute atomic E-state index is 5.60. The van der Waals surface area contributed by atoms with Gasteiger partial charge in [-0.15, -0.1) is 0 Å². The zero-order valence-electron chi connectivity index (χ0n) is 7.06. The van der Waals surface area contributed by atoms with Gasteiger partial charge in [-0.3, -0.25) is 0 Å². The maximum atomic E-state index is 5.60. The fraction of sp³-hybridized carbons (Fsp3) is 0. The zero-order chi connectivity index (χ0) is 9.54. The summed E-state index contributed by atoms with van der Waals surface area (Å²) in [6, 6.07) is 9.93. The van der Waals surface area contributed by atoms with Crippen LogP contribution in [0.2, 0.25) is 0 Å². The lowest BCUT2D eigenvalue weighted by atomic mass is 10.2. The molecule has 0 saturated heterocycles. The molecule has 0 bridgehead atoms. The number of para-hydroxylation sites is 1. The van der Waals surface area contributed by atoms with Crippen molar-refractivity contribution in [2.45, 2.75) is 0 Å². The Balaban J connectivity index is 2.53. The summed E-state index contributed by atoms with van der Waals surface area (Å²) >= 11 is 6.48. The van der Waals surface area contributed by atoms with Gasteiger partial charge in [0.25, 0.3) is 0 Å². The number of aromatic nitrogens is 1. The van der Waals surface area contributed by atoms with E-state index in [-0.39, 0.29) is 0 Å². The highest BCUT2D eigenvalue weighted by Gasteiger charge is 2.10. The lowest BCUT2D eigenvalue weighted by molar-refractivity contribution is 0.603. The van der Waals surface area contributed by atoms with E-state index in [1.807, 2.05) is 24.3 Å². The fourth-order valence-electron chi connectivity index (χ4n) is 1.40. The van der Waals surface area contributed by atoms with Crippen molar-refractivity contribution in [3.8, 4) is 10.8 Å². The van der Waals surface area contributed by atoms with Crippen LogP contribution in [0.4, 0.5) is 0 Å². The van der Waals surface area contributed by atoms with Gasteiger partial charge in [-0.2, -0.15) is 4.98 Å². The normalized spacial score (nSPS) is 11.1. The number of thiazole rings is 1. The van der Waals surface area contributed by atoms with Crippen LogP contribution in [0.3, 0.4) is 0 Å². The third-order valence-corrected chi connectivity index (χ3v) is 3.13. The smallest absolute Gasteiger partial charge is 0.238 e. The van der Waals surface area contributed by atoms with Crippen LogP contribution in [0.1, 0.15) is 0 Å². The molecule has 0 amide bonds. The quantitative estimate of drug-likeness (QED) is 0.539. The first-order valence-electron chi connectivity index (χ1n) is 4.12. The van der Waals surface area contributed by atoms with Crippen molar-refractivity contribution >= 4 is 34.5 Å². The molecule has 1 aromatic rings. The molecule has 3 rings (SSSR count). The minimum absolute atomic E-state index is 0.624. The molecule has 14 heavy (non-hydrogen) atoms. The average molecular weight is 219 g/mol. The molecule has 2 aliphatic rings. The van der Waals surface area contributed by atoms with Crippen molar-refractivity contribution in [2.75, 3.05) is 0 Å². The third-order valence-electron chi connectivity index (χ3n) is 2.01. The summed E-state index contributed by atoms with van der Waals surface area (Å²) in [6.07, 6.45) is 0. The van der Waals surface area contributed by atoms with Crippen molar-refractivity contribution in [3.63, 3.8) is 0 Å². The largest absolute Gasteiger partial charge is 0.437 e. The predicted molar refractivity (Wildman–Crippen MR) is 59.3 cm³/mol. The number of benzene rings is 1. The second kappa shape index (κ2) is 2.87. The van der Waals surface area contributed by atoms with Crippen LogP contribution in [0.15, 0.2) is 34.7 Å². The number of hydrogen-bond donors (Lipinski definition) is 0. The summed E-state index contributed by atoms with van der Waals surface area (Å²) in [5, 5.41) is 1.08. The van der Waals surface area contributed by atoms with E-state index in [4.69, 9.17) is 16.6 Å². The molecular weight excluding hydrogens is 214 g/mol. The van der Waals surface area contributed by atoms with Gasteiger partial charge >= 0.3 is 0 Å². The van der Waals surface area contributed by atoms with Gasteiger partial charge in [0.05, 0.1) is 4.88 Å². The summed E-state index contributed by atoms with van der Waals surface area (Å²) < 4.78 is 6.22. The second-order valence-electron chi connectivity index (χ2n) is 2.93. The highest BCUT2D eigenvalue weighted by atomic mass is 32.1. The van der Waals surface area contributed by atoms with Crippen LogP contribution in [-0.4, -0.2) is 4.98 Å². The van der Waals surface area contributed by atoms with E-state index < -0.39 is 0 Å². The molecule has 2 heterocycles. The Bertz CT molecular complexity index is 573. The molecular formula is C10H5NOS2. The summed E-state index contributed by atoms with van der Waals surface area (Å²) in [7, 11) is 0. The fourth-order valence-corrected chi connectivity index (χ4v) is 2.43. The van der Waals surface area contributed by atoms with Crippen LogP contribution in [0.5, 0.6) is 0 Å². The molecule has 0 spiro atoms. The van der Waals surface area contributed by atoms with Crippen LogP contribution in [0, 0.1) is 3.95 Å². The molecule has 4 heteroatoms. The molecule has 0 aliphatic carbocycles. The average Bonchev–Trinajstić information content (AvgIpc) is 2.53. The van der Waals surface area contributed by atoms with Gasteiger partial charge in [0.2, 0.25) is 5.89 Å². The highest BCUT2D eigenvalue weighted by Crippen LogP contribution is 2.30. The summed E-state index contributed by atoms with van der Waals surface area (Å²) in [5.74, 6) is 0.638. The first-order valence-corrected chi connectivity index (χ1v) is 5.35. The number of fused-ring (bicyclic) bond motifs is 2. The second-order valence-corrected chi connectivity index (χ2v) is 4.61. The lowest BCUT2D eigenvalue weighted by Gasteiger charge is -1.98. The molecule has 0 aromatic heterocycles. The van der Waals surface area contributed by atoms with E-state index >= 15 is 0 Å². The van der Waals surface area contributed by atoms with E-state index in [0.29, 0.717) is 9.85 Å². The Kier molecular flexibility index (Phi) is 1.65. The molecule has 0 fully saturated rings. The molecule has 2 aliphatic heterocycles. The van der Waals surface area contributed by atoms with E-state index in [1.54, 1.807) is 0 Å². The molecule has 0 atom stereocenters. The van der Waals surface area contributed by atoms with Crippen molar-refractivity contribution in [3.05, 3.63) is 34.3 Å². The first-order chi connectivity index (χ1) is 6.83. The Labute approximate surface area is 89.2 Å². The van der Waals surface area contributed by atoms with Crippen molar-refractivity contribution in [2.24, 2.45) is 0 Å². The molecule has 0 saturated carbocycles. The molecule has 2 nitrogen and oxygen atoms in total. The maximum Gasteiger partial charge on any atom is 0.238 e. The van der Waals surface area contributed by atoms with Crippen molar-refractivity contribution < 1.29 is 4.42 Å². The minimum Gasteiger partial charge on any atom is -0.437 e. The number of hydrogen-bond acceptors (Lipinski definition) is 4. The molecule has 1 aromatic carbocycles. The van der Waals surface area contributed by atoms with Crippen molar-refractivity contribution in [1.29, 1.82) is 0 Å². The number of nitrogens with zero attached hydrogens (tertiary/aromatic N) is 1. The molecule has 0 radical (unpaired) electrons. The highest BCUT2D eigenvalue weighted by molar-refractivity contribution is 7.73. The summed E-state index contributed by atoms with van der Waals surface area (Å²) in [4.78, 5) is 5.14.